The maximum absolute atomic E-state index is 11.9. The van der Waals surface area contributed by atoms with Crippen molar-refractivity contribution in [1.29, 1.82) is 0 Å². The molecule has 0 radical (unpaired) electrons. The predicted octanol–water partition coefficient (Wildman–Crippen LogP) is 1.63. The van der Waals surface area contributed by atoms with Gasteiger partial charge in [-0.1, -0.05) is 17.7 Å². The zero-order chi connectivity index (χ0) is 16.1. The Bertz CT molecular complexity index is 665. The van der Waals surface area contributed by atoms with E-state index in [1.54, 1.807) is 4.90 Å². The molecule has 0 spiro atoms. The average Bonchev–Trinajstić information content (AvgIpc) is 3.04. The first-order valence-corrected chi connectivity index (χ1v) is 7.72. The first-order chi connectivity index (χ1) is 11.2. The molecule has 0 aliphatic carbocycles. The minimum atomic E-state index is -0.0771. The summed E-state index contributed by atoms with van der Waals surface area (Å²) in [6.07, 6.45) is 0.509. The summed E-state index contributed by atoms with van der Waals surface area (Å²) in [5.74, 6) is 1.02. The van der Waals surface area contributed by atoms with Crippen LogP contribution in [0, 0.1) is 6.92 Å². The number of nitrogens with zero attached hydrogens (tertiary/aromatic N) is 3. The molecule has 1 fully saturated rings. The number of carbonyl (C=O) groups excluding carboxylic acids is 1. The van der Waals surface area contributed by atoms with Crippen LogP contribution in [-0.2, 0) is 11.2 Å². The summed E-state index contributed by atoms with van der Waals surface area (Å²) in [6, 6.07) is 7.83. The van der Waals surface area contributed by atoms with Crippen molar-refractivity contribution in [3.8, 4) is 11.5 Å². The van der Waals surface area contributed by atoms with Crippen LogP contribution >= 0.6 is 0 Å². The quantitative estimate of drug-likeness (QED) is 0.927. The molecule has 2 aromatic rings. The molecule has 23 heavy (non-hydrogen) atoms. The van der Waals surface area contributed by atoms with Crippen LogP contribution in [0.25, 0.3) is 11.5 Å². The van der Waals surface area contributed by atoms with Gasteiger partial charge in [0.1, 0.15) is 0 Å². The van der Waals surface area contributed by atoms with Gasteiger partial charge in [-0.05, 0) is 19.1 Å². The monoisotopic (exact) mass is 316 g/mol. The maximum atomic E-state index is 11.9. The third kappa shape index (κ3) is 4.07. The van der Waals surface area contributed by atoms with Gasteiger partial charge in [0.25, 0.3) is 0 Å². The van der Waals surface area contributed by atoms with Crippen LogP contribution in [0.15, 0.2) is 28.7 Å². The molecule has 7 heteroatoms. The number of hydrogen-bond acceptors (Lipinski definition) is 5. The van der Waals surface area contributed by atoms with E-state index in [9.17, 15) is 4.79 Å². The van der Waals surface area contributed by atoms with E-state index >= 15 is 0 Å². The minimum absolute atomic E-state index is 0.0771. The lowest BCUT2D eigenvalue weighted by Gasteiger charge is -2.26. The topological polar surface area (TPSA) is 80.5 Å². The van der Waals surface area contributed by atoms with E-state index in [1.807, 2.05) is 31.2 Å². The first kappa shape index (κ1) is 15.5. The number of ether oxygens (including phenoxy) is 1. The summed E-state index contributed by atoms with van der Waals surface area (Å²) >= 11 is 0. The molecule has 1 aliphatic heterocycles. The van der Waals surface area contributed by atoms with Crippen molar-refractivity contribution in [2.24, 2.45) is 0 Å². The molecular weight excluding hydrogens is 296 g/mol. The molecule has 122 valence electrons. The van der Waals surface area contributed by atoms with E-state index in [-0.39, 0.29) is 6.03 Å². The number of aryl methyl sites for hydroxylation is 1. The molecule has 1 aromatic carbocycles. The van der Waals surface area contributed by atoms with Gasteiger partial charge in [-0.25, -0.2) is 4.79 Å². The highest BCUT2D eigenvalue weighted by Crippen LogP contribution is 2.18. The van der Waals surface area contributed by atoms with Crippen LogP contribution in [-0.4, -0.2) is 54.0 Å². The fraction of sp³-hybridized carbons (Fsp3) is 0.438. The standard InChI is InChI=1S/C16H20N4O3/c1-12-3-2-4-13(11-12)15-19-18-14(23-15)5-6-17-16(21)20-7-9-22-10-8-20/h2-4,11H,5-10H2,1H3,(H,17,21). The van der Waals surface area contributed by atoms with Crippen LogP contribution in [0.3, 0.4) is 0 Å². The number of amides is 2. The van der Waals surface area contributed by atoms with Crippen LogP contribution < -0.4 is 5.32 Å². The molecular formula is C16H20N4O3. The molecule has 0 bridgehead atoms. The minimum Gasteiger partial charge on any atom is -0.421 e. The summed E-state index contributed by atoms with van der Waals surface area (Å²) in [5.41, 5.74) is 2.04. The van der Waals surface area contributed by atoms with Gasteiger partial charge in [0.05, 0.1) is 13.2 Å². The van der Waals surface area contributed by atoms with Crippen molar-refractivity contribution in [3.05, 3.63) is 35.7 Å². The summed E-state index contributed by atoms with van der Waals surface area (Å²) in [7, 11) is 0. The van der Waals surface area contributed by atoms with Crippen LogP contribution in [0.4, 0.5) is 4.79 Å². The van der Waals surface area contributed by atoms with Crippen LogP contribution in [0.2, 0.25) is 0 Å². The van der Waals surface area contributed by atoms with E-state index < -0.39 is 0 Å². The second-order valence-corrected chi connectivity index (χ2v) is 5.45. The number of rotatable bonds is 4. The van der Waals surface area contributed by atoms with Gasteiger partial charge in [-0.3, -0.25) is 0 Å². The number of carbonyl (C=O) groups is 1. The van der Waals surface area contributed by atoms with Crippen molar-refractivity contribution in [1.82, 2.24) is 20.4 Å². The second kappa shape index (κ2) is 7.23. The molecule has 1 saturated heterocycles. The number of nitrogens with one attached hydrogen (secondary N) is 1. The van der Waals surface area contributed by atoms with E-state index in [0.717, 1.165) is 11.1 Å². The van der Waals surface area contributed by atoms with Crippen molar-refractivity contribution < 1.29 is 13.9 Å². The summed E-state index contributed by atoms with van der Waals surface area (Å²) in [4.78, 5) is 13.7. The van der Waals surface area contributed by atoms with E-state index in [2.05, 4.69) is 15.5 Å². The fourth-order valence-corrected chi connectivity index (χ4v) is 2.40. The number of morpholine rings is 1. The Balaban J connectivity index is 1.50. The highest BCUT2D eigenvalue weighted by molar-refractivity contribution is 5.74. The van der Waals surface area contributed by atoms with E-state index in [4.69, 9.17) is 9.15 Å². The van der Waals surface area contributed by atoms with Gasteiger partial charge < -0.3 is 19.4 Å². The van der Waals surface area contributed by atoms with E-state index in [1.165, 1.54) is 0 Å². The Labute approximate surface area is 134 Å². The lowest BCUT2D eigenvalue weighted by atomic mass is 10.1. The molecule has 3 rings (SSSR count). The van der Waals surface area contributed by atoms with Crippen LogP contribution in [0.1, 0.15) is 11.5 Å². The maximum Gasteiger partial charge on any atom is 0.317 e. The zero-order valence-electron chi connectivity index (χ0n) is 13.1. The third-order valence-electron chi connectivity index (χ3n) is 3.65. The zero-order valence-corrected chi connectivity index (χ0v) is 13.1. The molecule has 1 aliphatic rings. The molecule has 0 unspecified atom stereocenters. The van der Waals surface area contributed by atoms with Crippen molar-refractivity contribution in [2.75, 3.05) is 32.8 Å². The number of hydrogen-bond donors (Lipinski definition) is 1. The molecule has 1 N–H and O–H groups in total. The Hall–Kier alpha value is -2.41. The summed E-state index contributed by atoms with van der Waals surface area (Å²) < 4.78 is 10.9. The van der Waals surface area contributed by atoms with Gasteiger partial charge in [0.15, 0.2) is 0 Å². The Morgan fingerprint density at radius 1 is 1.30 bits per heavy atom. The van der Waals surface area contributed by atoms with Crippen molar-refractivity contribution in [2.45, 2.75) is 13.3 Å². The summed E-state index contributed by atoms with van der Waals surface area (Å²) in [6.45, 7) is 4.93. The molecule has 7 nitrogen and oxygen atoms in total. The van der Waals surface area contributed by atoms with Gasteiger partial charge in [-0.15, -0.1) is 10.2 Å². The molecule has 0 saturated carbocycles. The molecule has 2 amide bonds. The summed E-state index contributed by atoms with van der Waals surface area (Å²) in [5, 5.41) is 11.0. The molecule has 2 heterocycles. The highest BCUT2D eigenvalue weighted by atomic mass is 16.5. The lowest BCUT2D eigenvalue weighted by Crippen LogP contribution is -2.46. The van der Waals surface area contributed by atoms with Gasteiger partial charge >= 0.3 is 6.03 Å². The lowest BCUT2D eigenvalue weighted by molar-refractivity contribution is 0.0532. The Morgan fingerprint density at radius 3 is 2.91 bits per heavy atom. The van der Waals surface area contributed by atoms with Gasteiger partial charge in [0.2, 0.25) is 11.8 Å². The smallest absolute Gasteiger partial charge is 0.317 e. The Morgan fingerprint density at radius 2 is 2.13 bits per heavy atom. The number of aromatic nitrogens is 2. The SMILES string of the molecule is Cc1cccc(-c2nnc(CCNC(=O)N3CCOCC3)o2)c1. The fourth-order valence-electron chi connectivity index (χ4n) is 2.40. The second-order valence-electron chi connectivity index (χ2n) is 5.45. The predicted molar refractivity (Wildman–Crippen MR) is 84.0 cm³/mol. The normalized spacial score (nSPS) is 14.7. The number of benzene rings is 1. The molecule has 0 atom stereocenters. The highest BCUT2D eigenvalue weighted by Gasteiger charge is 2.16. The van der Waals surface area contributed by atoms with Gasteiger partial charge in [0, 0.05) is 31.6 Å². The van der Waals surface area contributed by atoms with E-state index in [0.29, 0.717) is 51.1 Å². The van der Waals surface area contributed by atoms with Crippen molar-refractivity contribution >= 4 is 6.03 Å². The first-order valence-electron chi connectivity index (χ1n) is 7.72. The van der Waals surface area contributed by atoms with Crippen molar-refractivity contribution in [3.63, 3.8) is 0 Å². The average molecular weight is 316 g/mol. The van der Waals surface area contributed by atoms with Gasteiger partial charge in [-0.2, -0.15) is 0 Å². The largest absolute Gasteiger partial charge is 0.421 e. The van der Waals surface area contributed by atoms with Crippen LogP contribution in [0.5, 0.6) is 0 Å². The Kier molecular flexibility index (Phi) is 4.87. The molecule has 1 aromatic heterocycles. The number of urea groups is 1. The third-order valence-corrected chi connectivity index (χ3v) is 3.65.